The van der Waals surface area contributed by atoms with Crippen LogP contribution < -0.4 is 0 Å². The Balaban J connectivity index is 2.79. The van der Waals surface area contributed by atoms with Gasteiger partial charge < -0.3 is 9.64 Å². The van der Waals surface area contributed by atoms with E-state index in [1.807, 2.05) is 41.5 Å². The van der Waals surface area contributed by atoms with E-state index in [9.17, 15) is 9.59 Å². The van der Waals surface area contributed by atoms with Gasteiger partial charge in [-0.1, -0.05) is 13.8 Å². The average molecular weight is 255 g/mol. The summed E-state index contributed by atoms with van der Waals surface area (Å²) in [5, 5.41) is 0. The summed E-state index contributed by atoms with van der Waals surface area (Å²) >= 11 is 0. The third-order valence-corrected chi connectivity index (χ3v) is 3.30. The first-order chi connectivity index (χ1) is 8.03. The SMILES string of the molecule is CC1CC(C)(C)C(=O)CCN1C(=O)OC(C)(C)C. The van der Waals surface area contributed by atoms with E-state index in [2.05, 4.69) is 0 Å². The van der Waals surface area contributed by atoms with E-state index in [1.54, 1.807) is 4.90 Å². The van der Waals surface area contributed by atoms with Gasteiger partial charge in [-0.25, -0.2) is 4.79 Å². The van der Waals surface area contributed by atoms with E-state index in [-0.39, 0.29) is 23.3 Å². The first-order valence-electron chi connectivity index (χ1n) is 6.56. The average Bonchev–Trinajstić information content (AvgIpc) is 2.21. The molecule has 1 aliphatic heterocycles. The van der Waals surface area contributed by atoms with Crippen molar-refractivity contribution in [3.8, 4) is 0 Å². The molecule has 1 heterocycles. The van der Waals surface area contributed by atoms with Crippen LogP contribution in [0.2, 0.25) is 0 Å². The van der Waals surface area contributed by atoms with Crippen LogP contribution in [-0.4, -0.2) is 35.0 Å². The highest BCUT2D eigenvalue weighted by Gasteiger charge is 2.37. The molecule has 1 aliphatic rings. The van der Waals surface area contributed by atoms with E-state index in [0.717, 1.165) is 0 Å². The molecule has 1 unspecified atom stereocenters. The van der Waals surface area contributed by atoms with E-state index in [0.29, 0.717) is 19.4 Å². The van der Waals surface area contributed by atoms with Gasteiger partial charge in [-0.3, -0.25) is 4.79 Å². The predicted molar refractivity (Wildman–Crippen MR) is 70.4 cm³/mol. The fourth-order valence-electron chi connectivity index (χ4n) is 2.34. The molecule has 1 atom stereocenters. The summed E-state index contributed by atoms with van der Waals surface area (Å²) in [5.41, 5.74) is -0.848. The van der Waals surface area contributed by atoms with Crippen molar-refractivity contribution in [2.24, 2.45) is 5.41 Å². The number of rotatable bonds is 0. The lowest BCUT2D eigenvalue weighted by Crippen LogP contribution is -2.42. The number of amides is 1. The second-order valence-electron chi connectivity index (χ2n) is 6.78. The number of hydrogen-bond acceptors (Lipinski definition) is 3. The first-order valence-corrected chi connectivity index (χ1v) is 6.56. The highest BCUT2D eigenvalue weighted by atomic mass is 16.6. The molecule has 0 N–H and O–H groups in total. The fourth-order valence-corrected chi connectivity index (χ4v) is 2.34. The summed E-state index contributed by atoms with van der Waals surface area (Å²) in [6.45, 7) is 11.9. The van der Waals surface area contributed by atoms with Gasteiger partial charge >= 0.3 is 6.09 Å². The Morgan fingerprint density at radius 3 is 2.44 bits per heavy atom. The van der Waals surface area contributed by atoms with E-state index in [4.69, 9.17) is 4.74 Å². The normalized spacial score (nSPS) is 24.7. The number of carbonyl (C=O) groups excluding carboxylic acids is 2. The van der Waals surface area contributed by atoms with Crippen molar-refractivity contribution in [3.05, 3.63) is 0 Å². The highest BCUT2D eigenvalue weighted by Crippen LogP contribution is 2.31. The van der Waals surface area contributed by atoms with Gasteiger partial charge in [0.05, 0.1) is 0 Å². The molecular weight excluding hydrogens is 230 g/mol. The molecule has 1 saturated heterocycles. The van der Waals surface area contributed by atoms with Gasteiger partial charge in [0.15, 0.2) is 0 Å². The topological polar surface area (TPSA) is 46.6 Å². The van der Waals surface area contributed by atoms with Crippen molar-refractivity contribution in [1.29, 1.82) is 0 Å². The summed E-state index contributed by atoms with van der Waals surface area (Å²) in [6, 6.07) is 0.0290. The van der Waals surface area contributed by atoms with Crippen molar-refractivity contribution in [2.45, 2.75) is 66.0 Å². The molecule has 0 aromatic carbocycles. The summed E-state index contributed by atoms with van der Waals surface area (Å²) in [7, 11) is 0. The van der Waals surface area contributed by atoms with Crippen LogP contribution in [0.15, 0.2) is 0 Å². The minimum absolute atomic E-state index is 0.0290. The number of likely N-dealkylation sites (tertiary alicyclic amines) is 1. The van der Waals surface area contributed by atoms with Crippen LogP contribution in [0.5, 0.6) is 0 Å². The first kappa shape index (κ1) is 15.0. The monoisotopic (exact) mass is 255 g/mol. The number of ketones is 1. The Kier molecular flexibility index (Phi) is 4.08. The van der Waals surface area contributed by atoms with Crippen molar-refractivity contribution in [2.75, 3.05) is 6.54 Å². The summed E-state index contributed by atoms with van der Waals surface area (Å²) in [4.78, 5) is 25.7. The lowest BCUT2D eigenvalue weighted by molar-refractivity contribution is -0.126. The Hall–Kier alpha value is -1.06. The minimum atomic E-state index is -0.497. The molecule has 0 aromatic heterocycles. The molecule has 1 rings (SSSR count). The van der Waals surface area contributed by atoms with E-state index < -0.39 is 5.60 Å². The maximum atomic E-state index is 12.1. The number of carbonyl (C=O) groups is 2. The van der Waals surface area contributed by atoms with Gasteiger partial charge in [-0.05, 0) is 34.1 Å². The maximum absolute atomic E-state index is 12.1. The molecule has 0 radical (unpaired) electrons. The minimum Gasteiger partial charge on any atom is -0.444 e. The molecule has 1 amide bonds. The molecule has 0 bridgehead atoms. The van der Waals surface area contributed by atoms with Crippen molar-refractivity contribution < 1.29 is 14.3 Å². The number of nitrogens with zero attached hydrogens (tertiary/aromatic N) is 1. The second kappa shape index (κ2) is 4.90. The lowest BCUT2D eigenvalue weighted by Gasteiger charge is -2.31. The van der Waals surface area contributed by atoms with Crippen LogP contribution in [0.4, 0.5) is 4.79 Å². The van der Waals surface area contributed by atoms with Crippen molar-refractivity contribution in [3.63, 3.8) is 0 Å². The Bertz CT molecular complexity index is 341. The number of Topliss-reactive ketones (excluding diaryl/α,β-unsaturated/α-hetero) is 1. The van der Waals surface area contributed by atoms with Crippen molar-refractivity contribution >= 4 is 11.9 Å². The van der Waals surface area contributed by atoms with E-state index in [1.165, 1.54) is 0 Å². The van der Waals surface area contributed by atoms with E-state index >= 15 is 0 Å². The van der Waals surface area contributed by atoms with Crippen LogP contribution in [0.25, 0.3) is 0 Å². The van der Waals surface area contributed by atoms with Crippen LogP contribution in [0.3, 0.4) is 0 Å². The third kappa shape index (κ3) is 3.72. The van der Waals surface area contributed by atoms with Gasteiger partial charge in [-0.15, -0.1) is 0 Å². The molecule has 104 valence electrons. The maximum Gasteiger partial charge on any atom is 0.410 e. The van der Waals surface area contributed by atoms with Crippen LogP contribution in [-0.2, 0) is 9.53 Å². The fraction of sp³-hybridized carbons (Fsp3) is 0.857. The molecule has 1 fully saturated rings. The zero-order valence-corrected chi connectivity index (χ0v) is 12.4. The Morgan fingerprint density at radius 1 is 1.39 bits per heavy atom. The van der Waals surface area contributed by atoms with Crippen LogP contribution >= 0.6 is 0 Å². The standard InChI is InChI=1S/C14H25NO3/c1-10-9-14(5,6)11(16)7-8-15(10)12(17)18-13(2,3)4/h10H,7-9H2,1-6H3. The molecule has 0 aromatic rings. The van der Waals surface area contributed by atoms with Gasteiger partial charge in [0.25, 0.3) is 0 Å². The quantitative estimate of drug-likeness (QED) is 0.668. The largest absolute Gasteiger partial charge is 0.444 e. The lowest BCUT2D eigenvalue weighted by atomic mass is 9.82. The zero-order valence-electron chi connectivity index (χ0n) is 12.4. The van der Waals surface area contributed by atoms with Gasteiger partial charge in [-0.2, -0.15) is 0 Å². The molecule has 0 saturated carbocycles. The third-order valence-electron chi connectivity index (χ3n) is 3.30. The molecule has 18 heavy (non-hydrogen) atoms. The highest BCUT2D eigenvalue weighted by molar-refractivity contribution is 5.85. The number of hydrogen-bond donors (Lipinski definition) is 0. The van der Waals surface area contributed by atoms with Crippen LogP contribution in [0.1, 0.15) is 54.4 Å². The zero-order chi connectivity index (χ0) is 14.1. The van der Waals surface area contributed by atoms with Gasteiger partial charge in [0.2, 0.25) is 0 Å². The summed E-state index contributed by atoms with van der Waals surface area (Å²) in [5.74, 6) is 0.223. The second-order valence-corrected chi connectivity index (χ2v) is 6.78. The molecular formula is C14H25NO3. The smallest absolute Gasteiger partial charge is 0.410 e. The van der Waals surface area contributed by atoms with Gasteiger partial charge in [0.1, 0.15) is 11.4 Å². The molecule has 4 heteroatoms. The summed E-state index contributed by atoms with van der Waals surface area (Å²) < 4.78 is 5.38. The van der Waals surface area contributed by atoms with Crippen LogP contribution in [0, 0.1) is 5.41 Å². The molecule has 4 nitrogen and oxygen atoms in total. The van der Waals surface area contributed by atoms with Gasteiger partial charge in [0, 0.05) is 24.4 Å². The number of ether oxygens (including phenoxy) is 1. The Morgan fingerprint density at radius 2 is 1.94 bits per heavy atom. The summed E-state index contributed by atoms with van der Waals surface area (Å²) in [6.07, 6.45) is 0.780. The molecule has 0 aliphatic carbocycles. The van der Waals surface area contributed by atoms with Crippen molar-refractivity contribution in [1.82, 2.24) is 4.90 Å². The Labute approximate surface area is 110 Å². The molecule has 0 spiro atoms. The predicted octanol–water partition coefficient (Wildman–Crippen LogP) is 3.00.